The number of ether oxygens (including phenoxy) is 3. The summed E-state index contributed by atoms with van der Waals surface area (Å²) in [5.41, 5.74) is -1.46. The van der Waals surface area contributed by atoms with Crippen LogP contribution in [0.1, 0.15) is 39.7 Å². The Bertz CT molecular complexity index is 654. The number of aliphatic hydroxyl groups is 1. The van der Waals surface area contributed by atoms with Gasteiger partial charge in [0.05, 0.1) is 14.2 Å². The first kappa shape index (κ1) is 17.3. The Kier molecular flexibility index (Phi) is 4.44. The predicted octanol–water partition coefficient (Wildman–Crippen LogP) is 2.95. The number of benzene rings is 1. The van der Waals surface area contributed by atoms with Gasteiger partial charge in [-0.25, -0.2) is 0 Å². The number of Topliss-reactive ketones (excluding diaryl/α,β-unsaturated/α-hetero) is 1. The molecule has 1 aromatic carbocycles. The van der Waals surface area contributed by atoms with Crippen molar-refractivity contribution in [2.75, 3.05) is 14.2 Å². The van der Waals surface area contributed by atoms with E-state index in [1.165, 1.54) is 7.11 Å². The second kappa shape index (κ2) is 5.89. The third-order valence-corrected chi connectivity index (χ3v) is 3.77. The smallest absolute Gasteiger partial charge is 0.214 e. The van der Waals surface area contributed by atoms with Crippen LogP contribution in [0.2, 0.25) is 0 Å². The normalized spacial score (nSPS) is 21.1. The van der Waals surface area contributed by atoms with Crippen molar-refractivity contribution in [3.8, 4) is 11.5 Å². The lowest BCUT2D eigenvalue weighted by Crippen LogP contribution is -2.51. The van der Waals surface area contributed by atoms with Gasteiger partial charge in [-0.05, 0) is 39.3 Å². The summed E-state index contributed by atoms with van der Waals surface area (Å²) < 4.78 is 16.4. The van der Waals surface area contributed by atoms with E-state index < -0.39 is 11.2 Å². The fourth-order valence-electron chi connectivity index (χ4n) is 2.69. The zero-order chi connectivity index (χ0) is 17.4. The molecule has 1 N–H and O–H groups in total. The van der Waals surface area contributed by atoms with Crippen LogP contribution in [0.25, 0.3) is 0 Å². The first-order valence-corrected chi connectivity index (χ1v) is 7.61. The van der Waals surface area contributed by atoms with E-state index in [1.54, 1.807) is 25.3 Å². The van der Waals surface area contributed by atoms with E-state index in [-0.39, 0.29) is 5.78 Å². The molecule has 0 radical (unpaired) electrons. The van der Waals surface area contributed by atoms with Gasteiger partial charge in [0, 0.05) is 17.2 Å². The quantitative estimate of drug-likeness (QED) is 0.845. The number of carbonyl (C=O) groups excluding carboxylic acids is 1. The number of rotatable bonds is 5. The molecule has 0 spiro atoms. The molecule has 126 valence electrons. The Labute approximate surface area is 136 Å². The van der Waals surface area contributed by atoms with Gasteiger partial charge in [0.1, 0.15) is 22.9 Å². The molecule has 1 aliphatic rings. The Morgan fingerprint density at radius 1 is 1.17 bits per heavy atom. The van der Waals surface area contributed by atoms with Crippen molar-refractivity contribution in [1.29, 1.82) is 0 Å². The number of hydrogen-bond acceptors (Lipinski definition) is 5. The molecule has 0 aliphatic heterocycles. The maximum Gasteiger partial charge on any atom is 0.214 e. The molecule has 1 unspecified atom stereocenters. The van der Waals surface area contributed by atoms with Gasteiger partial charge in [0.15, 0.2) is 0 Å². The molecule has 0 aromatic heterocycles. The van der Waals surface area contributed by atoms with Crippen LogP contribution >= 0.6 is 0 Å². The molecular weight excluding hydrogens is 297 g/mol. The largest absolute Gasteiger partial charge is 0.497 e. The number of methoxy groups -OCH3 is 2. The van der Waals surface area contributed by atoms with Crippen molar-refractivity contribution >= 4 is 5.78 Å². The summed E-state index contributed by atoms with van der Waals surface area (Å²) in [7, 11) is 3.03. The van der Waals surface area contributed by atoms with E-state index in [0.717, 1.165) is 0 Å². The lowest BCUT2D eigenvalue weighted by atomic mass is 9.74. The summed E-state index contributed by atoms with van der Waals surface area (Å²) in [6.45, 7) is 7.50. The Morgan fingerprint density at radius 3 is 2.30 bits per heavy atom. The van der Waals surface area contributed by atoms with Gasteiger partial charge in [-0.15, -0.1) is 0 Å². The summed E-state index contributed by atoms with van der Waals surface area (Å²) in [5.74, 6) is 0.924. The molecule has 5 nitrogen and oxygen atoms in total. The molecule has 0 bridgehead atoms. The zero-order valence-electron chi connectivity index (χ0n) is 14.5. The number of hydrogen-bond donors (Lipinski definition) is 1. The van der Waals surface area contributed by atoms with Crippen molar-refractivity contribution in [3.63, 3.8) is 0 Å². The third-order valence-electron chi connectivity index (χ3n) is 3.77. The molecule has 0 heterocycles. The van der Waals surface area contributed by atoms with Crippen LogP contribution in [-0.2, 0) is 15.1 Å². The van der Waals surface area contributed by atoms with E-state index in [0.29, 0.717) is 34.8 Å². The molecule has 0 saturated carbocycles. The lowest BCUT2D eigenvalue weighted by Gasteiger charge is -2.42. The molecule has 1 aliphatic carbocycles. The first-order valence-electron chi connectivity index (χ1n) is 7.61. The monoisotopic (exact) mass is 321 g/mol. The zero-order valence-corrected chi connectivity index (χ0v) is 14.5. The van der Waals surface area contributed by atoms with Gasteiger partial charge in [0.2, 0.25) is 11.4 Å². The minimum Gasteiger partial charge on any atom is -0.497 e. The Balaban J connectivity index is 2.57. The SMILES string of the molecule is C[13CH2]C1=C(OC(C)(C)C)C(O)(c2ccc(OC)cc2OC)C1=O. The van der Waals surface area contributed by atoms with E-state index in [2.05, 4.69) is 0 Å². The second-order valence-electron chi connectivity index (χ2n) is 6.48. The Morgan fingerprint density at radius 2 is 1.83 bits per heavy atom. The third kappa shape index (κ3) is 2.81. The van der Waals surface area contributed by atoms with Gasteiger partial charge >= 0.3 is 0 Å². The fourth-order valence-corrected chi connectivity index (χ4v) is 2.69. The highest BCUT2D eigenvalue weighted by Crippen LogP contribution is 2.49. The van der Waals surface area contributed by atoms with Crippen LogP contribution in [0.3, 0.4) is 0 Å². The van der Waals surface area contributed by atoms with Crippen LogP contribution in [0.15, 0.2) is 29.5 Å². The van der Waals surface area contributed by atoms with Crippen molar-refractivity contribution in [2.24, 2.45) is 0 Å². The molecule has 0 fully saturated rings. The molecule has 2 rings (SSSR count). The van der Waals surface area contributed by atoms with Crippen LogP contribution in [-0.4, -0.2) is 30.7 Å². The highest BCUT2D eigenvalue weighted by atomic mass is 16.5. The van der Waals surface area contributed by atoms with Gasteiger partial charge in [0.25, 0.3) is 0 Å². The van der Waals surface area contributed by atoms with E-state index in [1.807, 2.05) is 27.7 Å². The first-order chi connectivity index (χ1) is 10.7. The maximum atomic E-state index is 12.6. The van der Waals surface area contributed by atoms with Crippen molar-refractivity contribution in [3.05, 3.63) is 35.1 Å². The molecule has 0 saturated heterocycles. The van der Waals surface area contributed by atoms with Crippen molar-refractivity contribution in [2.45, 2.75) is 45.3 Å². The standard InChI is InChI=1S/C18H24O5/c1-7-12-15(19)18(20,16(12)23-17(2,3)4)13-9-8-11(21-5)10-14(13)22-6/h8-10,20H,7H2,1-6H3/i7+1. The summed E-state index contributed by atoms with van der Waals surface area (Å²) in [5, 5.41) is 11.1. The predicted molar refractivity (Wildman–Crippen MR) is 86.6 cm³/mol. The topological polar surface area (TPSA) is 65.0 Å². The van der Waals surface area contributed by atoms with Crippen LogP contribution in [0.4, 0.5) is 0 Å². The van der Waals surface area contributed by atoms with Gasteiger partial charge in [-0.3, -0.25) is 4.79 Å². The summed E-state index contributed by atoms with van der Waals surface area (Å²) in [6, 6.07) is 4.95. The fraction of sp³-hybridized carbons (Fsp3) is 0.500. The van der Waals surface area contributed by atoms with Gasteiger partial charge < -0.3 is 19.3 Å². The summed E-state index contributed by atoms with van der Waals surface area (Å²) >= 11 is 0. The summed E-state index contributed by atoms with van der Waals surface area (Å²) in [6.07, 6.45) is 0.505. The van der Waals surface area contributed by atoms with E-state index >= 15 is 0 Å². The molecule has 1 aromatic rings. The average molecular weight is 321 g/mol. The molecule has 0 amide bonds. The second-order valence-corrected chi connectivity index (χ2v) is 6.48. The van der Waals surface area contributed by atoms with Crippen molar-refractivity contribution < 1.29 is 24.1 Å². The highest BCUT2D eigenvalue weighted by Gasteiger charge is 2.57. The lowest BCUT2D eigenvalue weighted by molar-refractivity contribution is -0.146. The highest BCUT2D eigenvalue weighted by molar-refractivity contribution is 6.12. The van der Waals surface area contributed by atoms with Crippen molar-refractivity contribution in [1.82, 2.24) is 0 Å². The molecule has 23 heavy (non-hydrogen) atoms. The molecule has 1 atom stereocenters. The van der Waals surface area contributed by atoms with Crippen LogP contribution in [0, 0.1) is 0 Å². The molecular formula is C18H24O5. The summed E-state index contributed by atoms with van der Waals surface area (Å²) in [4.78, 5) is 12.6. The number of carbonyl (C=O) groups is 1. The van der Waals surface area contributed by atoms with Crippen LogP contribution < -0.4 is 9.47 Å². The number of ketones is 1. The maximum absolute atomic E-state index is 12.6. The average Bonchev–Trinajstić information content (AvgIpc) is 2.52. The van der Waals surface area contributed by atoms with E-state index in [4.69, 9.17) is 14.2 Å². The minimum absolute atomic E-state index is 0.306. The Hall–Kier alpha value is -2.01. The molecule has 5 heteroatoms. The van der Waals surface area contributed by atoms with Crippen LogP contribution in [0.5, 0.6) is 11.5 Å². The van der Waals surface area contributed by atoms with Gasteiger partial charge in [-0.1, -0.05) is 6.92 Å². The minimum atomic E-state index is -1.81. The van der Waals surface area contributed by atoms with Gasteiger partial charge in [-0.2, -0.15) is 0 Å². The van der Waals surface area contributed by atoms with E-state index in [9.17, 15) is 9.90 Å².